The second kappa shape index (κ2) is 7.33. The van der Waals surface area contributed by atoms with E-state index in [0.29, 0.717) is 0 Å². The summed E-state index contributed by atoms with van der Waals surface area (Å²) < 4.78 is 2.42. The van der Waals surface area contributed by atoms with Crippen LogP contribution in [-0.4, -0.2) is 32.3 Å². The van der Waals surface area contributed by atoms with E-state index in [1.807, 2.05) is 0 Å². The molecule has 1 aliphatic carbocycles. The summed E-state index contributed by atoms with van der Waals surface area (Å²) in [4.78, 5) is 2.79. The summed E-state index contributed by atoms with van der Waals surface area (Å²) in [5.74, 6) is 3.41. The smallest absolute Gasteiger partial charge is 0.147 e. The van der Waals surface area contributed by atoms with Crippen LogP contribution >= 0.6 is 0 Å². The first-order valence-corrected chi connectivity index (χ1v) is 10.1. The normalized spacial score (nSPS) is 27.6. The van der Waals surface area contributed by atoms with Crippen molar-refractivity contribution in [3.05, 3.63) is 11.6 Å². The van der Waals surface area contributed by atoms with Crippen LogP contribution in [0.25, 0.3) is 0 Å². The molecule has 0 bridgehead atoms. The second-order valence-corrected chi connectivity index (χ2v) is 7.93. The Morgan fingerprint density at radius 3 is 2.48 bits per heavy atom. The molecule has 4 nitrogen and oxygen atoms in total. The molecule has 4 heteroatoms. The van der Waals surface area contributed by atoms with Crippen LogP contribution in [0.2, 0.25) is 0 Å². The predicted molar refractivity (Wildman–Crippen MR) is 92.2 cm³/mol. The molecule has 0 aromatic carbocycles. The number of rotatable bonds is 3. The van der Waals surface area contributed by atoms with Crippen LogP contribution in [0.4, 0.5) is 0 Å². The molecule has 0 unspecified atom stereocenters. The molecule has 3 aliphatic rings. The van der Waals surface area contributed by atoms with Gasteiger partial charge in [0.25, 0.3) is 0 Å². The first kappa shape index (κ1) is 15.6. The highest BCUT2D eigenvalue weighted by atomic mass is 15.3. The Morgan fingerprint density at radius 2 is 1.57 bits per heavy atom. The van der Waals surface area contributed by atoms with Gasteiger partial charge in [-0.05, 0) is 51.0 Å². The van der Waals surface area contributed by atoms with Crippen molar-refractivity contribution in [1.82, 2.24) is 19.7 Å². The van der Waals surface area contributed by atoms with Crippen LogP contribution in [0.5, 0.6) is 0 Å². The molecule has 1 saturated carbocycles. The topological polar surface area (TPSA) is 34.0 Å². The van der Waals surface area contributed by atoms with E-state index < -0.39 is 0 Å². The monoisotopic (exact) mass is 316 g/mol. The Bertz CT molecular complexity index is 503. The fourth-order valence-electron chi connectivity index (χ4n) is 5.11. The Morgan fingerprint density at radius 1 is 0.783 bits per heavy atom. The van der Waals surface area contributed by atoms with Gasteiger partial charge >= 0.3 is 0 Å². The number of hydrogen-bond acceptors (Lipinski definition) is 3. The largest absolute Gasteiger partial charge is 0.314 e. The number of fused-ring (bicyclic) bond motifs is 1. The van der Waals surface area contributed by atoms with Crippen LogP contribution in [-0.2, 0) is 19.5 Å². The van der Waals surface area contributed by atoms with Gasteiger partial charge in [-0.3, -0.25) is 4.90 Å². The Kier molecular flexibility index (Phi) is 4.98. The lowest BCUT2D eigenvalue weighted by Gasteiger charge is -2.37. The lowest BCUT2D eigenvalue weighted by molar-refractivity contribution is 0.107. The molecular formula is C19H32N4. The van der Waals surface area contributed by atoms with Crippen LogP contribution < -0.4 is 0 Å². The average Bonchev–Trinajstić information content (AvgIpc) is 2.86. The van der Waals surface area contributed by atoms with Gasteiger partial charge in [0, 0.05) is 19.0 Å². The molecule has 2 aliphatic heterocycles. The van der Waals surface area contributed by atoms with E-state index >= 15 is 0 Å². The molecule has 1 aromatic heterocycles. The zero-order valence-corrected chi connectivity index (χ0v) is 14.6. The molecule has 0 spiro atoms. The van der Waals surface area contributed by atoms with E-state index in [4.69, 9.17) is 0 Å². The van der Waals surface area contributed by atoms with E-state index in [-0.39, 0.29) is 0 Å². The summed E-state index contributed by atoms with van der Waals surface area (Å²) >= 11 is 0. The van der Waals surface area contributed by atoms with Crippen LogP contribution in [0.1, 0.15) is 82.3 Å². The van der Waals surface area contributed by atoms with Gasteiger partial charge in [0.2, 0.25) is 0 Å². The Labute approximate surface area is 140 Å². The minimum Gasteiger partial charge on any atom is -0.314 e. The Hall–Kier alpha value is -0.900. The molecule has 128 valence electrons. The van der Waals surface area contributed by atoms with Crippen molar-refractivity contribution >= 4 is 0 Å². The zero-order chi connectivity index (χ0) is 15.5. The summed E-state index contributed by atoms with van der Waals surface area (Å²) in [6, 6.07) is 0.800. The number of likely N-dealkylation sites (tertiary alicyclic amines) is 1. The van der Waals surface area contributed by atoms with Crippen molar-refractivity contribution in [1.29, 1.82) is 0 Å². The van der Waals surface area contributed by atoms with Crippen molar-refractivity contribution < 1.29 is 0 Å². The number of nitrogens with zero attached hydrogens (tertiary/aromatic N) is 4. The van der Waals surface area contributed by atoms with Gasteiger partial charge in [0.1, 0.15) is 11.6 Å². The third-order valence-electron chi connectivity index (χ3n) is 6.39. The first-order valence-electron chi connectivity index (χ1n) is 10.1. The maximum atomic E-state index is 4.57. The SMILES string of the molecule is C1CCC([C@H]2CCCCCN2Cc2nnc3n2CCCC3)CC1. The summed E-state index contributed by atoms with van der Waals surface area (Å²) in [5, 5.41) is 9.04. The minimum absolute atomic E-state index is 0.800. The van der Waals surface area contributed by atoms with Gasteiger partial charge in [0.05, 0.1) is 6.54 Å². The zero-order valence-electron chi connectivity index (χ0n) is 14.6. The maximum absolute atomic E-state index is 4.57. The van der Waals surface area contributed by atoms with Crippen LogP contribution in [0.15, 0.2) is 0 Å². The van der Waals surface area contributed by atoms with Crippen molar-refractivity contribution in [2.45, 2.75) is 96.2 Å². The molecular weight excluding hydrogens is 284 g/mol. The average molecular weight is 316 g/mol. The van der Waals surface area contributed by atoms with E-state index in [0.717, 1.165) is 31.5 Å². The third kappa shape index (κ3) is 3.47. The number of aryl methyl sites for hydroxylation is 1. The molecule has 1 aromatic rings. The summed E-state index contributed by atoms with van der Waals surface area (Å²) in [6.45, 7) is 3.44. The summed E-state index contributed by atoms with van der Waals surface area (Å²) in [5.41, 5.74) is 0. The van der Waals surface area contributed by atoms with Gasteiger partial charge < -0.3 is 4.57 Å². The molecule has 4 rings (SSSR count). The van der Waals surface area contributed by atoms with Crippen molar-refractivity contribution in [2.75, 3.05) is 6.54 Å². The lowest BCUT2D eigenvalue weighted by atomic mass is 9.81. The fraction of sp³-hybridized carbons (Fsp3) is 0.895. The molecule has 3 heterocycles. The summed E-state index contributed by atoms with van der Waals surface area (Å²) in [7, 11) is 0. The van der Waals surface area contributed by atoms with Crippen LogP contribution in [0.3, 0.4) is 0 Å². The van der Waals surface area contributed by atoms with Gasteiger partial charge in [-0.25, -0.2) is 0 Å². The summed E-state index contributed by atoms with van der Waals surface area (Å²) in [6.07, 6.45) is 16.6. The molecule has 0 amide bonds. The molecule has 2 fully saturated rings. The highest BCUT2D eigenvalue weighted by molar-refractivity contribution is 5.00. The second-order valence-electron chi connectivity index (χ2n) is 7.93. The Balaban J connectivity index is 1.50. The highest BCUT2D eigenvalue weighted by Gasteiger charge is 2.31. The van der Waals surface area contributed by atoms with Crippen molar-refractivity contribution in [3.63, 3.8) is 0 Å². The van der Waals surface area contributed by atoms with Crippen molar-refractivity contribution in [2.24, 2.45) is 5.92 Å². The lowest BCUT2D eigenvalue weighted by Crippen LogP contribution is -2.41. The van der Waals surface area contributed by atoms with Gasteiger partial charge in [0.15, 0.2) is 0 Å². The first-order chi connectivity index (χ1) is 11.4. The highest BCUT2D eigenvalue weighted by Crippen LogP contribution is 2.34. The fourth-order valence-corrected chi connectivity index (χ4v) is 5.11. The molecule has 0 N–H and O–H groups in total. The quantitative estimate of drug-likeness (QED) is 0.847. The minimum atomic E-state index is 0.800. The molecule has 1 atom stereocenters. The standard InChI is InChI=1S/C19H32N4/c1-3-9-16(10-4-1)17-11-5-2-7-13-22(17)15-19-21-20-18-12-6-8-14-23(18)19/h16-17H,1-15H2/t17-/m1/s1. The van der Waals surface area contributed by atoms with Gasteiger partial charge in [-0.1, -0.05) is 32.1 Å². The number of aromatic nitrogens is 3. The van der Waals surface area contributed by atoms with E-state index in [1.165, 1.54) is 88.8 Å². The van der Waals surface area contributed by atoms with Crippen LogP contribution in [0, 0.1) is 5.92 Å². The van der Waals surface area contributed by atoms with Crippen molar-refractivity contribution in [3.8, 4) is 0 Å². The predicted octanol–water partition coefficient (Wildman–Crippen LogP) is 3.94. The van der Waals surface area contributed by atoms with E-state index in [9.17, 15) is 0 Å². The van der Waals surface area contributed by atoms with E-state index in [2.05, 4.69) is 19.7 Å². The third-order valence-corrected chi connectivity index (χ3v) is 6.39. The maximum Gasteiger partial charge on any atom is 0.147 e. The molecule has 0 radical (unpaired) electrons. The molecule has 23 heavy (non-hydrogen) atoms. The number of hydrogen-bond donors (Lipinski definition) is 0. The van der Waals surface area contributed by atoms with E-state index in [1.54, 1.807) is 0 Å². The van der Waals surface area contributed by atoms with Gasteiger partial charge in [-0.2, -0.15) is 0 Å². The van der Waals surface area contributed by atoms with Gasteiger partial charge in [-0.15, -0.1) is 10.2 Å². The molecule has 1 saturated heterocycles.